The monoisotopic (exact) mass is 372 g/mol. The summed E-state index contributed by atoms with van der Waals surface area (Å²) < 4.78 is 0. The van der Waals surface area contributed by atoms with Crippen molar-refractivity contribution in [1.29, 1.82) is 0 Å². The minimum atomic E-state index is 0.250. The highest BCUT2D eigenvalue weighted by molar-refractivity contribution is 5.20. The molecule has 0 radical (unpaired) electrons. The third kappa shape index (κ3) is 15.0. The van der Waals surface area contributed by atoms with Gasteiger partial charge in [-0.1, -0.05) is 52.4 Å². The zero-order valence-electron chi connectivity index (χ0n) is 16.4. The van der Waals surface area contributed by atoms with Gasteiger partial charge >= 0.3 is 12.3 Å². The normalized spacial score (nSPS) is 19.5. The van der Waals surface area contributed by atoms with Gasteiger partial charge in [-0.2, -0.15) is 19.2 Å². The van der Waals surface area contributed by atoms with E-state index in [1.165, 1.54) is 64.2 Å². The lowest BCUT2D eigenvalue weighted by atomic mass is 9.70. The van der Waals surface area contributed by atoms with Gasteiger partial charge in [0.15, 0.2) is 0 Å². The van der Waals surface area contributed by atoms with Crippen LogP contribution in [0.5, 0.6) is 0 Å². The van der Waals surface area contributed by atoms with Crippen molar-refractivity contribution in [1.82, 2.24) is 0 Å². The topological polar surface area (TPSA) is 109 Å². The van der Waals surface area contributed by atoms with Crippen LogP contribution < -0.4 is 0 Å². The zero-order chi connectivity index (χ0) is 20.3. The molecule has 0 aliphatic heterocycles. The Balaban J connectivity index is 0. The maximum absolute atomic E-state index is 8.93. The Bertz CT molecular complexity index is 352. The summed E-state index contributed by atoms with van der Waals surface area (Å²) in [4.78, 5) is 32.5. The molecule has 2 rings (SSSR count). The van der Waals surface area contributed by atoms with E-state index in [9.17, 15) is 0 Å². The number of hydrogen-bond acceptors (Lipinski definition) is 6. The van der Waals surface area contributed by atoms with Crippen molar-refractivity contribution in [3.8, 4) is 0 Å². The fraction of sp³-hybridized carbons (Fsp3) is 0.900. The lowest BCUT2D eigenvalue weighted by Gasteiger charge is -2.36. The van der Waals surface area contributed by atoms with Crippen LogP contribution >= 0.6 is 0 Å². The molecule has 2 aliphatic carbocycles. The summed E-state index contributed by atoms with van der Waals surface area (Å²) in [6.07, 6.45) is 15.9. The quantitative estimate of drug-likeness (QED) is 0.781. The van der Waals surface area contributed by atoms with Gasteiger partial charge in [-0.25, -0.2) is 0 Å². The van der Waals surface area contributed by atoms with E-state index in [-0.39, 0.29) is 30.9 Å². The Hall–Kier alpha value is -1.32. The van der Waals surface area contributed by atoms with Crippen LogP contribution in [0.3, 0.4) is 0 Å². The molecule has 2 N–H and O–H groups in total. The van der Waals surface area contributed by atoms with Gasteiger partial charge in [0, 0.05) is 13.2 Å². The Morgan fingerprint density at radius 1 is 0.654 bits per heavy atom. The Morgan fingerprint density at radius 3 is 1.19 bits per heavy atom. The third-order valence-electron chi connectivity index (χ3n) is 5.41. The molecular weight excluding hydrogens is 336 g/mol. The maximum Gasteiger partial charge on any atom is 0.373 e. The van der Waals surface area contributed by atoms with E-state index in [0.29, 0.717) is 5.41 Å². The standard InChI is InChI=1S/C10H20O2.C8H16.2CO2/c11-8-6-10(7-9-12)4-2-1-3-5-10;1-8(2)6-4-3-5-7-8;2*2-1-3/h11-12H,1-9H2;3-7H2,1-2H3;;. The average Bonchev–Trinajstić information content (AvgIpc) is 2.58. The van der Waals surface area contributed by atoms with Crippen LogP contribution in [0, 0.1) is 10.8 Å². The van der Waals surface area contributed by atoms with Gasteiger partial charge in [-0.15, -0.1) is 0 Å². The molecule has 2 aliphatic rings. The van der Waals surface area contributed by atoms with Crippen molar-refractivity contribution in [3.05, 3.63) is 0 Å². The summed E-state index contributed by atoms with van der Waals surface area (Å²) in [6.45, 7) is 5.32. The summed E-state index contributed by atoms with van der Waals surface area (Å²) in [5.74, 6) is 0. The first kappa shape index (κ1) is 26.9. The molecule has 0 unspecified atom stereocenters. The second kappa shape index (κ2) is 17.1. The van der Waals surface area contributed by atoms with Crippen LogP contribution in [0.25, 0.3) is 0 Å². The lowest BCUT2D eigenvalue weighted by Crippen LogP contribution is -2.26. The lowest BCUT2D eigenvalue weighted by molar-refractivity contribution is -0.193. The van der Waals surface area contributed by atoms with E-state index < -0.39 is 0 Å². The highest BCUT2D eigenvalue weighted by Gasteiger charge is 2.30. The molecule has 6 heteroatoms. The fourth-order valence-corrected chi connectivity index (χ4v) is 3.91. The second-order valence-corrected chi connectivity index (χ2v) is 7.90. The maximum atomic E-state index is 8.93. The van der Waals surface area contributed by atoms with Gasteiger partial charge in [-0.05, 0) is 49.4 Å². The molecule has 0 atom stereocenters. The predicted octanol–water partition coefficient (Wildman–Crippen LogP) is 3.51. The molecule has 0 aromatic rings. The molecule has 0 spiro atoms. The number of aliphatic hydroxyl groups is 2. The third-order valence-corrected chi connectivity index (χ3v) is 5.41. The molecular formula is C20H36O6. The van der Waals surface area contributed by atoms with Crippen LogP contribution in [-0.2, 0) is 19.2 Å². The van der Waals surface area contributed by atoms with Gasteiger partial charge in [0.25, 0.3) is 0 Å². The fourth-order valence-electron chi connectivity index (χ4n) is 3.91. The Kier molecular flexibility index (Phi) is 17.7. The van der Waals surface area contributed by atoms with E-state index in [1.54, 1.807) is 0 Å². The number of hydrogen-bond donors (Lipinski definition) is 2. The predicted molar refractivity (Wildman–Crippen MR) is 95.8 cm³/mol. The molecule has 0 aromatic carbocycles. The van der Waals surface area contributed by atoms with Crippen molar-refractivity contribution < 1.29 is 29.4 Å². The largest absolute Gasteiger partial charge is 0.396 e. The molecule has 0 saturated heterocycles. The van der Waals surface area contributed by atoms with Crippen molar-refractivity contribution in [3.63, 3.8) is 0 Å². The molecule has 6 nitrogen and oxygen atoms in total. The summed E-state index contributed by atoms with van der Waals surface area (Å²) in [5, 5.41) is 17.9. The molecule has 2 saturated carbocycles. The Labute approximate surface area is 157 Å². The molecule has 0 aromatic heterocycles. The van der Waals surface area contributed by atoms with Crippen molar-refractivity contribution >= 4 is 12.3 Å². The molecule has 26 heavy (non-hydrogen) atoms. The average molecular weight is 373 g/mol. The van der Waals surface area contributed by atoms with E-state index >= 15 is 0 Å². The molecule has 152 valence electrons. The highest BCUT2D eigenvalue weighted by Crippen LogP contribution is 2.41. The van der Waals surface area contributed by atoms with Crippen LogP contribution in [-0.4, -0.2) is 35.7 Å². The van der Waals surface area contributed by atoms with Gasteiger partial charge in [-0.3, -0.25) is 0 Å². The minimum absolute atomic E-state index is 0.250. The summed E-state index contributed by atoms with van der Waals surface area (Å²) in [6, 6.07) is 0. The smallest absolute Gasteiger partial charge is 0.373 e. The van der Waals surface area contributed by atoms with Gasteiger partial charge in [0.05, 0.1) is 0 Å². The van der Waals surface area contributed by atoms with Crippen molar-refractivity contribution in [2.45, 2.75) is 90.9 Å². The van der Waals surface area contributed by atoms with E-state index in [1.807, 2.05) is 0 Å². The number of rotatable bonds is 4. The first-order valence-electron chi connectivity index (χ1n) is 9.57. The molecule has 0 amide bonds. The first-order chi connectivity index (χ1) is 12.4. The summed E-state index contributed by atoms with van der Waals surface area (Å²) in [5.41, 5.74) is 0.958. The number of aliphatic hydroxyl groups excluding tert-OH is 2. The van der Waals surface area contributed by atoms with Crippen LogP contribution in [0.1, 0.15) is 90.9 Å². The molecule has 2 fully saturated rings. The van der Waals surface area contributed by atoms with E-state index in [4.69, 9.17) is 29.4 Å². The van der Waals surface area contributed by atoms with E-state index in [2.05, 4.69) is 13.8 Å². The van der Waals surface area contributed by atoms with Gasteiger partial charge in [0.1, 0.15) is 0 Å². The second-order valence-electron chi connectivity index (χ2n) is 7.90. The van der Waals surface area contributed by atoms with E-state index in [0.717, 1.165) is 12.8 Å². The van der Waals surface area contributed by atoms with Gasteiger partial charge < -0.3 is 10.2 Å². The summed E-state index contributed by atoms with van der Waals surface area (Å²) >= 11 is 0. The van der Waals surface area contributed by atoms with Crippen LogP contribution in [0.2, 0.25) is 0 Å². The molecule has 0 bridgehead atoms. The number of carbonyl (C=O) groups excluding carboxylic acids is 4. The van der Waals surface area contributed by atoms with Gasteiger partial charge in [0.2, 0.25) is 0 Å². The van der Waals surface area contributed by atoms with Crippen molar-refractivity contribution in [2.24, 2.45) is 10.8 Å². The zero-order valence-corrected chi connectivity index (χ0v) is 16.4. The summed E-state index contributed by atoms with van der Waals surface area (Å²) in [7, 11) is 0. The van der Waals surface area contributed by atoms with Crippen LogP contribution in [0.4, 0.5) is 0 Å². The first-order valence-corrected chi connectivity index (χ1v) is 9.57. The minimum Gasteiger partial charge on any atom is -0.396 e. The van der Waals surface area contributed by atoms with Crippen LogP contribution in [0.15, 0.2) is 0 Å². The Morgan fingerprint density at radius 2 is 0.962 bits per heavy atom. The highest BCUT2D eigenvalue weighted by atomic mass is 16.3. The molecule has 0 heterocycles. The SMILES string of the molecule is CC1(C)CCCCC1.O=C=O.O=C=O.OCCC1(CCO)CCCCC1. The van der Waals surface area contributed by atoms with Crippen molar-refractivity contribution in [2.75, 3.05) is 13.2 Å².